The molecule has 0 aromatic heterocycles. The second-order valence-electron chi connectivity index (χ2n) is 3.38. The summed E-state index contributed by atoms with van der Waals surface area (Å²) in [7, 11) is 0. The first kappa shape index (κ1) is 6.62. The van der Waals surface area contributed by atoms with Crippen LogP contribution in [0.25, 0.3) is 0 Å². The molecule has 2 unspecified atom stereocenters. The largest absolute Gasteiger partial charge is 0.396 e. The molecule has 1 N–H and O–H groups in total. The van der Waals surface area contributed by atoms with Crippen molar-refractivity contribution in [1.82, 2.24) is 0 Å². The third-order valence-corrected chi connectivity index (χ3v) is 2.65. The van der Waals surface area contributed by atoms with E-state index in [1.165, 1.54) is 19.3 Å². The lowest BCUT2D eigenvalue weighted by atomic mass is 9.93. The molecule has 2 rings (SSSR count). The van der Waals surface area contributed by atoms with Crippen LogP contribution in [0.2, 0.25) is 0 Å². The molecule has 0 bridgehead atoms. The van der Waals surface area contributed by atoms with Crippen LogP contribution in [0.1, 0.15) is 19.3 Å². The maximum Gasteiger partial charge on any atom is 0.0649 e. The highest BCUT2D eigenvalue weighted by molar-refractivity contribution is 4.88. The summed E-state index contributed by atoms with van der Waals surface area (Å²) in [6, 6.07) is 0. The maximum absolute atomic E-state index is 8.99. The molecule has 2 atom stereocenters. The van der Waals surface area contributed by atoms with Crippen LogP contribution in [0.3, 0.4) is 0 Å². The van der Waals surface area contributed by atoms with Gasteiger partial charge in [0.05, 0.1) is 6.10 Å². The van der Waals surface area contributed by atoms with Crippen molar-refractivity contribution in [2.75, 3.05) is 13.2 Å². The van der Waals surface area contributed by atoms with Gasteiger partial charge in [0.2, 0.25) is 0 Å². The fourth-order valence-electron chi connectivity index (χ4n) is 1.69. The average molecular weight is 142 g/mol. The molecule has 0 amide bonds. The van der Waals surface area contributed by atoms with Crippen LogP contribution in [0.15, 0.2) is 0 Å². The molecule has 10 heavy (non-hydrogen) atoms. The van der Waals surface area contributed by atoms with Crippen LogP contribution in [-0.4, -0.2) is 24.4 Å². The minimum Gasteiger partial charge on any atom is -0.396 e. The minimum absolute atomic E-state index is 0.329. The van der Waals surface area contributed by atoms with E-state index in [2.05, 4.69) is 0 Å². The number of ether oxygens (including phenoxy) is 1. The molecule has 1 aliphatic carbocycles. The van der Waals surface area contributed by atoms with Gasteiger partial charge >= 0.3 is 0 Å². The van der Waals surface area contributed by atoms with Crippen molar-refractivity contribution in [1.29, 1.82) is 0 Å². The lowest BCUT2D eigenvalue weighted by Crippen LogP contribution is -2.37. The standard InChI is InChI=1S/C8H14O2/c9-5-7(6-1-2-6)8-3-4-10-8/h6-9H,1-5H2. The highest BCUT2D eigenvalue weighted by Crippen LogP contribution is 2.41. The monoisotopic (exact) mass is 142 g/mol. The van der Waals surface area contributed by atoms with Crippen molar-refractivity contribution in [2.24, 2.45) is 11.8 Å². The molecule has 2 aliphatic rings. The van der Waals surface area contributed by atoms with Gasteiger partial charge in [0, 0.05) is 19.1 Å². The zero-order chi connectivity index (χ0) is 6.97. The molecule has 2 heteroatoms. The van der Waals surface area contributed by atoms with Gasteiger partial charge in [-0.1, -0.05) is 0 Å². The maximum atomic E-state index is 8.99. The highest BCUT2D eigenvalue weighted by atomic mass is 16.5. The topological polar surface area (TPSA) is 29.5 Å². The van der Waals surface area contributed by atoms with Crippen molar-refractivity contribution in [3.05, 3.63) is 0 Å². The molecule has 0 aromatic rings. The molecule has 0 radical (unpaired) electrons. The number of hydrogen-bond donors (Lipinski definition) is 1. The van der Waals surface area contributed by atoms with E-state index in [1.807, 2.05) is 0 Å². The van der Waals surface area contributed by atoms with E-state index in [4.69, 9.17) is 9.84 Å². The van der Waals surface area contributed by atoms with E-state index in [-0.39, 0.29) is 0 Å². The van der Waals surface area contributed by atoms with Gasteiger partial charge in [0.25, 0.3) is 0 Å². The van der Waals surface area contributed by atoms with Crippen LogP contribution in [0.5, 0.6) is 0 Å². The molecule has 58 valence electrons. The Labute approximate surface area is 61.2 Å². The van der Waals surface area contributed by atoms with E-state index in [0.717, 1.165) is 12.5 Å². The Morgan fingerprint density at radius 2 is 2.10 bits per heavy atom. The Hall–Kier alpha value is -0.0800. The van der Waals surface area contributed by atoms with Gasteiger partial charge in [0.15, 0.2) is 0 Å². The first-order valence-corrected chi connectivity index (χ1v) is 4.14. The molecule has 1 aliphatic heterocycles. The fraction of sp³-hybridized carbons (Fsp3) is 1.00. The van der Waals surface area contributed by atoms with Gasteiger partial charge in [-0.15, -0.1) is 0 Å². The van der Waals surface area contributed by atoms with Gasteiger partial charge in [0.1, 0.15) is 0 Å². The van der Waals surface area contributed by atoms with Gasteiger partial charge in [-0.3, -0.25) is 0 Å². The second-order valence-corrected chi connectivity index (χ2v) is 3.38. The molecule has 1 saturated heterocycles. The molecule has 0 spiro atoms. The van der Waals surface area contributed by atoms with E-state index < -0.39 is 0 Å². The molecular formula is C8H14O2. The molecule has 1 saturated carbocycles. The van der Waals surface area contributed by atoms with Crippen LogP contribution >= 0.6 is 0 Å². The summed E-state index contributed by atoms with van der Waals surface area (Å²) >= 11 is 0. The lowest BCUT2D eigenvalue weighted by Gasteiger charge is -2.33. The number of rotatable bonds is 3. The summed E-state index contributed by atoms with van der Waals surface area (Å²) in [6.07, 6.45) is 4.19. The van der Waals surface area contributed by atoms with Crippen molar-refractivity contribution >= 4 is 0 Å². The van der Waals surface area contributed by atoms with E-state index >= 15 is 0 Å². The van der Waals surface area contributed by atoms with Crippen molar-refractivity contribution in [3.63, 3.8) is 0 Å². The zero-order valence-corrected chi connectivity index (χ0v) is 6.12. The van der Waals surface area contributed by atoms with Gasteiger partial charge in [-0.2, -0.15) is 0 Å². The highest BCUT2D eigenvalue weighted by Gasteiger charge is 2.39. The predicted molar refractivity (Wildman–Crippen MR) is 37.7 cm³/mol. The third kappa shape index (κ3) is 1.06. The zero-order valence-electron chi connectivity index (χ0n) is 6.12. The smallest absolute Gasteiger partial charge is 0.0649 e. The van der Waals surface area contributed by atoms with Crippen molar-refractivity contribution < 1.29 is 9.84 Å². The normalized spacial score (nSPS) is 35.1. The Balaban J connectivity index is 1.84. The summed E-state index contributed by atoms with van der Waals surface area (Å²) in [5, 5.41) is 8.99. The first-order valence-electron chi connectivity index (χ1n) is 4.14. The second kappa shape index (κ2) is 2.51. The van der Waals surface area contributed by atoms with E-state index in [9.17, 15) is 0 Å². The summed E-state index contributed by atoms with van der Waals surface area (Å²) in [4.78, 5) is 0. The van der Waals surface area contributed by atoms with Crippen molar-refractivity contribution in [2.45, 2.75) is 25.4 Å². The number of hydrogen-bond acceptors (Lipinski definition) is 2. The lowest BCUT2D eigenvalue weighted by molar-refractivity contribution is -0.101. The molecule has 2 fully saturated rings. The average Bonchev–Trinajstić information content (AvgIpc) is 2.58. The third-order valence-electron chi connectivity index (χ3n) is 2.65. The summed E-state index contributed by atoms with van der Waals surface area (Å²) < 4.78 is 5.33. The van der Waals surface area contributed by atoms with Crippen LogP contribution in [0, 0.1) is 11.8 Å². The molecule has 0 aromatic carbocycles. The SMILES string of the molecule is OCC(C1CC1)C1CCO1. The summed E-state index contributed by atoms with van der Waals surface area (Å²) in [5.41, 5.74) is 0. The van der Waals surface area contributed by atoms with Crippen molar-refractivity contribution in [3.8, 4) is 0 Å². The first-order chi connectivity index (χ1) is 4.92. The van der Waals surface area contributed by atoms with E-state index in [0.29, 0.717) is 18.6 Å². The Kier molecular flexibility index (Phi) is 1.66. The Morgan fingerprint density at radius 3 is 2.40 bits per heavy atom. The number of aliphatic hydroxyl groups is 1. The van der Waals surface area contributed by atoms with Crippen LogP contribution in [-0.2, 0) is 4.74 Å². The van der Waals surface area contributed by atoms with Crippen LogP contribution < -0.4 is 0 Å². The molecule has 2 nitrogen and oxygen atoms in total. The van der Waals surface area contributed by atoms with Gasteiger partial charge in [-0.05, 0) is 25.2 Å². The quantitative estimate of drug-likeness (QED) is 0.631. The predicted octanol–water partition coefficient (Wildman–Crippen LogP) is 0.794. The fourth-order valence-corrected chi connectivity index (χ4v) is 1.69. The summed E-state index contributed by atoms with van der Waals surface area (Å²) in [5.74, 6) is 1.25. The Morgan fingerprint density at radius 1 is 1.40 bits per heavy atom. The Bertz CT molecular complexity index is 116. The van der Waals surface area contributed by atoms with Crippen LogP contribution in [0.4, 0.5) is 0 Å². The summed E-state index contributed by atoms with van der Waals surface area (Å²) in [6.45, 7) is 1.24. The van der Waals surface area contributed by atoms with Gasteiger partial charge in [-0.25, -0.2) is 0 Å². The molecular weight excluding hydrogens is 128 g/mol. The van der Waals surface area contributed by atoms with E-state index in [1.54, 1.807) is 0 Å². The minimum atomic E-state index is 0.329. The molecule has 1 heterocycles. The number of aliphatic hydroxyl groups excluding tert-OH is 1. The van der Waals surface area contributed by atoms with Gasteiger partial charge < -0.3 is 9.84 Å².